The Morgan fingerprint density at radius 1 is 1.09 bits per heavy atom. The van der Waals surface area contributed by atoms with Gasteiger partial charge in [0.05, 0.1) is 16.4 Å². The molecule has 3 heterocycles. The van der Waals surface area contributed by atoms with Gasteiger partial charge in [-0.1, -0.05) is 24.3 Å². The van der Waals surface area contributed by atoms with Crippen molar-refractivity contribution < 1.29 is 15.0 Å². The van der Waals surface area contributed by atoms with Gasteiger partial charge in [0.2, 0.25) is 5.91 Å². The fraction of sp³-hybridized carbons (Fsp3) is 0.192. The van der Waals surface area contributed by atoms with E-state index in [1.54, 1.807) is 53.2 Å². The zero-order valence-electron chi connectivity index (χ0n) is 18.8. The topological polar surface area (TPSA) is 103 Å². The summed E-state index contributed by atoms with van der Waals surface area (Å²) in [5, 5.41) is 27.9. The molecule has 0 saturated carbocycles. The number of aromatic hydroxyl groups is 2. The van der Waals surface area contributed by atoms with E-state index in [-0.39, 0.29) is 23.4 Å². The summed E-state index contributed by atoms with van der Waals surface area (Å²) in [7, 11) is 0. The van der Waals surface area contributed by atoms with Crippen LogP contribution < -0.4 is 5.32 Å². The van der Waals surface area contributed by atoms with Gasteiger partial charge >= 0.3 is 0 Å². The van der Waals surface area contributed by atoms with Crippen LogP contribution in [0.3, 0.4) is 0 Å². The van der Waals surface area contributed by atoms with Crippen LogP contribution in [0.15, 0.2) is 71.3 Å². The molecule has 0 aliphatic carbocycles. The molecular formula is C26H24BrN5O3. The lowest BCUT2D eigenvalue weighted by molar-refractivity contribution is -0.126. The maximum atomic E-state index is 12.6. The van der Waals surface area contributed by atoms with Crippen molar-refractivity contribution in [2.75, 3.05) is 18.4 Å². The van der Waals surface area contributed by atoms with E-state index in [1.165, 1.54) is 0 Å². The Kier molecular flexibility index (Phi) is 6.41. The molecule has 1 fully saturated rings. The molecule has 2 aromatic heterocycles. The normalized spacial score (nSPS) is 14.6. The van der Waals surface area contributed by atoms with E-state index < -0.39 is 0 Å². The summed E-state index contributed by atoms with van der Waals surface area (Å²) in [6.07, 6.45) is 6.53. The smallest absolute Gasteiger partial charge is 0.246 e. The van der Waals surface area contributed by atoms with Gasteiger partial charge in [-0.05, 0) is 64.7 Å². The summed E-state index contributed by atoms with van der Waals surface area (Å²) in [6.45, 7) is 1.26. The summed E-state index contributed by atoms with van der Waals surface area (Å²) in [5.41, 5.74) is 2.72. The van der Waals surface area contributed by atoms with Crippen molar-refractivity contribution in [1.29, 1.82) is 0 Å². The summed E-state index contributed by atoms with van der Waals surface area (Å²) < 4.78 is 2.50. The Balaban J connectivity index is 1.29. The van der Waals surface area contributed by atoms with Crippen molar-refractivity contribution in [3.05, 3.63) is 76.9 Å². The minimum Gasteiger partial charge on any atom is -0.508 e. The fourth-order valence-electron chi connectivity index (χ4n) is 4.22. The Bertz CT molecular complexity index is 1410. The molecule has 178 valence electrons. The molecule has 1 amide bonds. The molecule has 3 N–H and O–H groups in total. The number of rotatable bonds is 5. The molecule has 0 spiro atoms. The predicted molar refractivity (Wildman–Crippen MR) is 138 cm³/mol. The van der Waals surface area contributed by atoms with Crippen molar-refractivity contribution >= 4 is 39.4 Å². The monoisotopic (exact) mass is 533 g/mol. The summed E-state index contributed by atoms with van der Waals surface area (Å²) in [4.78, 5) is 19.2. The van der Waals surface area contributed by atoms with Crippen LogP contribution in [0, 0.1) is 0 Å². The third-order valence-corrected chi connectivity index (χ3v) is 6.62. The molecule has 0 atom stereocenters. The lowest BCUT2D eigenvalue weighted by atomic mass is 10.0. The first kappa shape index (κ1) is 22.9. The molecular weight excluding hydrogens is 510 g/mol. The number of nitrogens with one attached hydrogen (secondary N) is 1. The van der Waals surface area contributed by atoms with Gasteiger partial charge < -0.3 is 20.4 Å². The number of likely N-dealkylation sites (tertiary alicyclic amines) is 1. The number of phenolic OH excluding ortho intramolecular Hbond substituents is 2. The number of nitrogens with zero attached hydrogens (tertiary/aromatic N) is 4. The highest BCUT2D eigenvalue weighted by Crippen LogP contribution is 2.31. The van der Waals surface area contributed by atoms with Crippen molar-refractivity contribution in [3.8, 4) is 22.8 Å². The first-order valence-corrected chi connectivity index (χ1v) is 12.1. The SMILES string of the molecule is O=C(/C=C/c1cccc(O)c1)N1CCC(Nc2cc(-c3ccccc3O)nc3c(Br)cnn23)CC1. The van der Waals surface area contributed by atoms with E-state index in [4.69, 9.17) is 0 Å². The van der Waals surface area contributed by atoms with Crippen LogP contribution in [-0.2, 0) is 4.79 Å². The number of para-hydroxylation sites is 1. The Hall–Kier alpha value is -3.85. The fourth-order valence-corrected chi connectivity index (χ4v) is 4.57. The Morgan fingerprint density at radius 3 is 2.66 bits per heavy atom. The van der Waals surface area contributed by atoms with Crippen LogP contribution >= 0.6 is 15.9 Å². The van der Waals surface area contributed by atoms with Crippen LogP contribution in [-0.4, -0.2) is 54.7 Å². The molecule has 0 bridgehead atoms. The molecule has 0 radical (unpaired) electrons. The first-order chi connectivity index (χ1) is 17.0. The number of amides is 1. The van der Waals surface area contributed by atoms with Crippen molar-refractivity contribution in [1.82, 2.24) is 19.5 Å². The third kappa shape index (κ3) is 5.00. The van der Waals surface area contributed by atoms with Gasteiger partial charge in [0.1, 0.15) is 17.3 Å². The number of halogens is 1. The molecule has 4 aromatic rings. The van der Waals surface area contributed by atoms with Crippen LogP contribution in [0.2, 0.25) is 0 Å². The second-order valence-corrected chi connectivity index (χ2v) is 9.30. The largest absolute Gasteiger partial charge is 0.508 e. The molecule has 9 heteroatoms. The minimum absolute atomic E-state index is 0.0454. The van der Waals surface area contributed by atoms with Crippen molar-refractivity contribution in [3.63, 3.8) is 0 Å². The summed E-state index contributed by atoms with van der Waals surface area (Å²) in [5.74, 6) is 1.06. The second kappa shape index (κ2) is 9.79. The number of hydrogen-bond donors (Lipinski definition) is 3. The zero-order valence-corrected chi connectivity index (χ0v) is 20.4. The zero-order chi connectivity index (χ0) is 24.4. The Labute approximate surface area is 210 Å². The highest BCUT2D eigenvalue weighted by atomic mass is 79.9. The van der Waals surface area contributed by atoms with Crippen LogP contribution in [0.1, 0.15) is 18.4 Å². The number of piperidine rings is 1. The average molecular weight is 534 g/mol. The van der Waals surface area contributed by atoms with E-state index in [2.05, 4.69) is 31.3 Å². The number of carbonyl (C=O) groups is 1. The van der Waals surface area contributed by atoms with E-state index in [0.29, 0.717) is 30.0 Å². The third-order valence-electron chi connectivity index (χ3n) is 6.06. The molecule has 2 aromatic carbocycles. The number of benzene rings is 2. The summed E-state index contributed by atoms with van der Waals surface area (Å²) >= 11 is 3.51. The van der Waals surface area contributed by atoms with Crippen LogP contribution in [0.5, 0.6) is 11.5 Å². The van der Waals surface area contributed by atoms with Gasteiger partial charge in [0, 0.05) is 36.8 Å². The van der Waals surface area contributed by atoms with Crippen molar-refractivity contribution in [2.45, 2.75) is 18.9 Å². The highest BCUT2D eigenvalue weighted by molar-refractivity contribution is 9.10. The average Bonchev–Trinajstić information content (AvgIpc) is 3.24. The first-order valence-electron chi connectivity index (χ1n) is 11.3. The molecule has 1 aliphatic heterocycles. The van der Waals surface area contributed by atoms with Gasteiger partial charge in [0.25, 0.3) is 0 Å². The van der Waals surface area contributed by atoms with Crippen LogP contribution in [0.4, 0.5) is 5.82 Å². The van der Waals surface area contributed by atoms with Gasteiger partial charge in [-0.3, -0.25) is 4.79 Å². The minimum atomic E-state index is -0.0454. The highest BCUT2D eigenvalue weighted by Gasteiger charge is 2.23. The number of phenols is 2. The molecule has 1 saturated heterocycles. The number of aromatic nitrogens is 3. The maximum absolute atomic E-state index is 12.6. The van der Waals surface area contributed by atoms with E-state index >= 15 is 0 Å². The van der Waals surface area contributed by atoms with Gasteiger partial charge in [-0.25, -0.2) is 4.98 Å². The van der Waals surface area contributed by atoms with Crippen LogP contribution in [0.25, 0.3) is 23.0 Å². The number of hydrogen-bond acceptors (Lipinski definition) is 6. The van der Waals surface area contributed by atoms with E-state index in [1.807, 2.05) is 29.2 Å². The number of carbonyl (C=O) groups excluding carboxylic acids is 1. The quantitative estimate of drug-likeness (QED) is 0.321. The standard InChI is InChI=1S/C26H24BrN5O3/c27-21-16-28-32-24(15-22(30-26(21)32)20-6-1-2-7-23(20)34)29-18-10-12-31(13-11-18)25(35)9-8-17-4-3-5-19(33)14-17/h1-9,14-16,18,29,33-34H,10-13H2/b9-8+. The molecule has 5 rings (SSSR count). The van der Waals surface area contributed by atoms with Gasteiger partial charge in [-0.15, -0.1) is 0 Å². The molecule has 8 nitrogen and oxygen atoms in total. The van der Waals surface area contributed by atoms with Crippen molar-refractivity contribution in [2.24, 2.45) is 0 Å². The van der Waals surface area contributed by atoms with Gasteiger partial charge in [0.15, 0.2) is 5.65 Å². The molecule has 0 unspecified atom stereocenters. The lowest BCUT2D eigenvalue weighted by Gasteiger charge is -2.32. The maximum Gasteiger partial charge on any atom is 0.246 e. The predicted octanol–water partition coefficient (Wildman–Crippen LogP) is 4.69. The Morgan fingerprint density at radius 2 is 1.89 bits per heavy atom. The van der Waals surface area contributed by atoms with Gasteiger partial charge in [-0.2, -0.15) is 9.61 Å². The number of anilines is 1. The molecule has 1 aliphatic rings. The van der Waals surface area contributed by atoms with E-state index in [9.17, 15) is 15.0 Å². The van der Waals surface area contributed by atoms with E-state index in [0.717, 1.165) is 28.7 Å². The summed E-state index contributed by atoms with van der Waals surface area (Å²) in [6, 6.07) is 15.9. The number of fused-ring (bicyclic) bond motifs is 1. The lowest BCUT2D eigenvalue weighted by Crippen LogP contribution is -2.42. The molecule has 35 heavy (non-hydrogen) atoms. The second-order valence-electron chi connectivity index (χ2n) is 8.44.